The molecule has 0 aliphatic rings. The summed E-state index contributed by atoms with van der Waals surface area (Å²) in [6, 6.07) is 4.42. The van der Waals surface area contributed by atoms with Crippen LogP contribution in [0.2, 0.25) is 0 Å². The summed E-state index contributed by atoms with van der Waals surface area (Å²) in [6.45, 7) is 4.12. The van der Waals surface area contributed by atoms with Crippen LogP contribution in [-0.2, 0) is 13.0 Å². The summed E-state index contributed by atoms with van der Waals surface area (Å²) in [5.41, 5.74) is 5.47. The SMILES string of the molecule is CCc1ccc(CN(C)CCC(N)=S)s1. The van der Waals surface area contributed by atoms with Gasteiger partial charge in [-0.3, -0.25) is 0 Å². The molecule has 84 valence electrons. The van der Waals surface area contributed by atoms with Crippen LogP contribution in [-0.4, -0.2) is 23.5 Å². The Kier molecular flexibility index (Phi) is 5.22. The van der Waals surface area contributed by atoms with Crippen molar-refractivity contribution in [3.05, 3.63) is 21.9 Å². The lowest BCUT2D eigenvalue weighted by Crippen LogP contribution is -2.22. The largest absolute Gasteiger partial charge is 0.393 e. The summed E-state index contributed by atoms with van der Waals surface area (Å²) in [5.74, 6) is 0. The van der Waals surface area contributed by atoms with Gasteiger partial charge >= 0.3 is 0 Å². The molecule has 1 aromatic rings. The first-order valence-corrected chi connectivity index (χ1v) is 6.38. The van der Waals surface area contributed by atoms with E-state index in [2.05, 4.69) is 31.0 Å². The molecule has 0 aromatic carbocycles. The second-order valence-electron chi connectivity index (χ2n) is 3.68. The van der Waals surface area contributed by atoms with Crippen LogP contribution in [0.15, 0.2) is 12.1 Å². The highest BCUT2D eigenvalue weighted by molar-refractivity contribution is 7.80. The minimum absolute atomic E-state index is 0.599. The van der Waals surface area contributed by atoms with Gasteiger partial charge in [0.05, 0.1) is 4.99 Å². The Morgan fingerprint density at radius 3 is 2.67 bits per heavy atom. The molecule has 0 amide bonds. The van der Waals surface area contributed by atoms with E-state index in [1.165, 1.54) is 9.75 Å². The predicted molar refractivity (Wildman–Crippen MR) is 71.4 cm³/mol. The molecule has 0 fully saturated rings. The van der Waals surface area contributed by atoms with E-state index in [1.807, 2.05) is 11.3 Å². The first-order valence-electron chi connectivity index (χ1n) is 5.16. The molecule has 15 heavy (non-hydrogen) atoms. The average Bonchev–Trinajstić information content (AvgIpc) is 2.62. The Morgan fingerprint density at radius 1 is 1.47 bits per heavy atom. The molecule has 4 heteroatoms. The van der Waals surface area contributed by atoms with Crippen molar-refractivity contribution in [2.45, 2.75) is 26.3 Å². The molecule has 0 atom stereocenters. The highest BCUT2D eigenvalue weighted by Crippen LogP contribution is 2.18. The minimum Gasteiger partial charge on any atom is -0.393 e. The monoisotopic (exact) mass is 242 g/mol. The lowest BCUT2D eigenvalue weighted by molar-refractivity contribution is 0.340. The fourth-order valence-electron chi connectivity index (χ4n) is 1.34. The zero-order chi connectivity index (χ0) is 11.3. The van der Waals surface area contributed by atoms with Crippen LogP contribution in [0.25, 0.3) is 0 Å². The van der Waals surface area contributed by atoms with Crippen LogP contribution in [0.4, 0.5) is 0 Å². The number of aryl methyl sites for hydroxylation is 1. The summed E-state index contributed by atoms with van der Waals surface area (Å²) in [4.78, 5) is 5.72. The van der Waals surface area contributed by atoms with Gasteiger partial charge in [0, 0.05) is 29.3 Å². The van der Waals surface area contributed by atoms with E-state index in [-0.39, 0.29) is 0 Å². The summed E-state index contributed by atoms with van der Waals surface area (Å²) < 4.78 is 0. The van der Waals surface area contributed by atoms with E-state index in [9.17, 15) is 0 Å². The van der Waals surface area contributed by atoms with Crippen molar-refractivity contribution in [3.8, 4) is 0 Å². The van der Waals surface area contributed by atoms with Gasteiger partial charge < -0.3 is 10.6 Å². The van der Waals surface area contributed by atoms with E-state index in [0.717, 1.165) is 25.9 Å². The molecular formula is C11H18N2S2. The first-order chi connectivity index (χ1) is 7.11. The van der Waals surface area contributed by atoms with E-state index in [1.54, 1.807) is 0 Å². The third kappa shape index (κ3) is 4.73. The van der Waals surface area contributed by atoms with Gasteiger partial charge in [-0.05, 0) is 25.6 Å². The number of hydrogen-bond acceptors (Lipinski definition) is 3. The quantitative estimate of drug-likeness (QED) is 0.777. The topological polar surface area (TPSA) is 29.3 Å². The van der Waals surface area contributed by atoms with Crippen molar-refractivity contribution in [1.82, 2.24) is 4.90 Å². The van der Waals surface area contributed by atoms with Crippen LogP contribution in [0.3, 0.4) is 0 Å². The predicted octanol–water partition coefficient (Wildman–Crippen LogP) is 2.42. The van der Waals surface area contributed by atoms with Crippen LogP contribution in [0.1, 0.15) is 23.1 Å². The zero-order valence-corrected chi connectivity index (χ0v) is 11.0. The fraction of sp³-hybridized carbons (Fsp3) is 0.545. The lowest BCUT2D eigenvalue weighted by Gasteiger charge is -2.14. The van der Waals surface area contributed by atoms with Crippen LogP contribution in [0, 0.1) is 0 Å². The molecule has 0 aliphatic heterocycles. The Morgan fingerprint density at radius 2 is 2.13 bits per heavy atom. The lowest BCUT2D eigenvalue weighted by atomic mass is 10.3. The maximum absolute atomic E-state index is 5.47. The van der Waals surface area contributed by atoms with Gasteiger partial charge in [0.2, 0.25) is 0 Å². The number of thiocarbonyl (C=S) groups is 1. The third-order valence-corrected chi connectivity index (χ3v) is 3.65. The minimum atomic E-state index is 0.599. The van der Waals surface area contributed by atoms with Gasteiger partial charge in [0.1, 0.15) is 0 Å². The molecule has 0 aliphatic carbocycles. The second kappa shape index (κ2) is 6.20. The van der Waals surface area contributed by atoms with Gasteiger partial charge in [-0.2, -0.15) is 0 Å². The number of hydrogen-bond donors (Lipinski definition) is 1. The van der Waals surface area contributed by atoms with E-state index < -0.39 is 0 Å². The van der Waals surface area contributed by atoms with E-state index >= 15 is 0 Å². The van der Waals surface area contributed by atoms with Crippen molar-refractivity contribution < 1.29 is 0 Å². The summed E-state index contributed by atoms with van der Waals surface area (Å²) in [5, 5.41) is 0. The zero-order valence-electron chi connectivity index (χ0n) is 9.32. The summed E-state index contributed by atoms with van der Waals surface area (Å²) in [7, 11) is 2.10. The molecule has 0 unspecified atom stereocenters. The number of rotatable bonds is 6. The molecule has 1 rings (SSSR count). The van der Waals surface area contributed by atoms with Gasteiger partial charge in [0.25, 0.3) is 0 Å². The highest BCUT2D eigenvalue weighted by atomic mass is 32.1. The second-order valence-corrected chi connectivity index (χ2v) is 5.45. The van der Waals surface area contributed by atoms with Gasteiger partial charge in [0.15, 0.2) is 0 Å². The highest BCUT2D eigenvalue weighted by Gasteiger charge is 2.03. The molecule has 0 saturated heterocycles. The van der Waals surface area contributed by atoms with Crippen LogP contribution < -0.4 is 5.73 Å². The van der Waals surface area contributed by atoms with Gasteiger partial charge in [-0.1, -0.05) is 19.1 Å². The Labute approximate surface area is 101 Å². The fourth-order valence-corrected chi connectivity index (χ4v) is 2.47. The molecule has 1 aromatic heterocycles. The molecular weight excluding hydrogens is 224 g/mol. The average molecular weight is 242 g/mol. The van der Waals surface area contributed by atoms with Crippen molar-refractivity contribution >= 4 is 28.5 Å². The standard InChI is InChI=1S/C11H18N2S2/c1-3-9-4-5-10(15-9)8-13(2)7-6-11(12)14/h4-5H,3,6-8H2,1-2H3,(H2,12,14). The Bertz CT molecular complexity index is 320. The third-order valence-electron chi connectivity index (χ3n) is 2.23. The maximum Gasteiger partial charge on any atom is 0.0740 e. The van der Waals surface area contributed by atoms with E-state index in [0.29, 0.717) is 4.99 Å². The van der Waals surface area contributed by atoms with Crippen LogP contribution in [0.5, 0.6) is 0 Å². The van der Waals surface area contributed by atoms with Crippen molar-refractivity contribution in [2.24, 2.45) is 5.73 Å². The first kappa shape index (κ1) is 12.6. The van der Waals surface area contributed by atoms with Crippen molar-refractivity contribution in [2.75, 3.05) is 13.6 Å². The summed E-state index contributed by atoms with van der Waals surface area (Å²) >= 11 is 6.74. The molecule has 1 heterocycles. The van der Waals surface area contributed by atoms with E-state index in [4.69, 9.17) is 18.0 Å². The van der Waals surface area contributed by atoms with Gasteiger partial charge in [-0.25, -0.2) is 0 Å². The molecule has 2 nitrogen and oxygen atoms in total. The number of thiophene rings is 1. The molecule has 0 bridgehead atoms. The summed E-state index contributed by atoms with van der Waals surface area (Å²) in [6.07, 6.45) is 1.93. The van der Waals surface area contributed by atoms with Crippen molar-refractivity contribution in [3.63, 3.8) is 0 Å². The molecule has 0 spiro atoms. The normalized spacial score (nSPS) is 10.9. The van der Waals surface area contributed by atoms with Gasteiger partial charge in [-0.15, -0.1) is 11.3 Å². The van der Waals surface area contributed by atoms with Crippen LogP contribution >= 0.6 is 23.6 Å². The maximum atomic E-state index is 5.47. The molecule has 0 saturated carbocycles. The molecule has 2 N–H and O–H groups in total. The number of nitrogens with two attached hydrogens (primary N) is 1. The Hall–Kier alpha value is -0.450. The molecule has 0 radical (unpaired) electrons. The number of nitrogens with zero attached hydrogens (tertiary/aromatic N) is 1. The smallest absolute Gasteiger partial charge is 0.0740 e. The van der Waals surface area contributed by atoms with Crippen molar-refractivity contribution in [1.29, 1.82) is 0 Å². The Balaban J connectivity index is 2.36.